The first-order valence-corrected chi connectivity index (χ1v) is 9.79. The van der Waals surface area contributed by atoms with Crippen LogP contribution in [0.1, 0.15) is 52.4 Å². The average molecular weight is 318 g/mol. The minimum atomic E-state index is -3.99. The van der Waals surface area contributed by atoms with Gasteiger partial charge in [-0.3, -0.25) is 4.90 Å². The van der Waals surface area contributed by atoms with E-state index in [-0.39, 0.29) is 12.1 Å². The van der Waals surface area contributed by atoms with Crippen molar-refractivity contribution >= 4 is 9.05 Å². The van der Waals surface area contributed by atoms with Crippen LogP contribution in [0.3, 0.4) is 0 Å². The zero-order valence-corrected chi connectivity index (χ0v) is 14.5. The molecule has 124 valence electrons. The molecule has 0 saturated carbocycles. The van der Waals surface area contributed by atoms with Gasteiger partial charge < -0.3 is 18.4 Å². The Balaban J connectivity index is 2.52. The molecule has 1 aliphatic heterocycles. The van der Waals surface area contributed by atoms with Gasteiger partial charge in [-0.25, -0.2) is 0 Å². The van der Waals surface area contributed by atoms with Crippen LogP contribution in [-0.2, 0) is 8.85 Å². The first-order chi connectivity index (χ1) is 9.99. The second-order valence-corrected chi connectivity index (χ2v) is 7.40. The lowest BCUT2D eigenvalue weighted by Crippen LogP contribution is -2.52. The maximum atomic E-state index is 9.69. The normalized spacial score (nSPS) is 17.9. The van der Waals surface area contributed by atoms with Gasteiger partial charge in [-0.05, 0) is 45.2 Å². The maximum Gasteiger partial charge on any atom is 0.674 e. The molecule has 1 heterocycles. The van der Waals surface area contributed by atoms with Crippen molar-refractivity contribution < 1.29 is 18.4 Å². The zero-order valence-electron chi connectivity index (χ0n) is 13.5. The van der Waals surface area contributed by atoms with Crippen molar-refractivity contribution in [1.29, 1.82) is 0 Å². The Morgan fingerprint density at radius 3 is 2.29 bits per heavy atom. The van der Waals surface area contributed by atoms with Crippen LogP contribution in [0.15, 0.2) is 12.7 Å². The molecule has 0 radical (unpaired) electrons. The maximum absolute atomic E-state index is 9.69. The van der Waals surface area contributed by atoms with Gasteiger partial charge in [0.1, 0.15) is 0 Å². The van der Waals surface area contributed by atoms with E-state index >= 15 is 0 Å². The van der Waals surface area contributed by atoms with Crippen LogP contribution in [0.5, 0.6) is 0 Å². The van der Waals surface area contributed by atoms with Gasteiger partial charge in [0.05, 0.1) is 6.61 Å². The van der Waals surface area contributed by atoms with Crippen molar-refractivity contribution in [2.24, 2.45) is 0 Å². The van der Waals surface area contributed by atoms with E-state index in [2.05, 4.69) is 25.3 Å². The van der Waals surface area contributed by atoms with Crippen LogP contribution in [0.2, 0.25) is 0 Å². The molecule has 0 unspecified atom stereocenters. The highest BCUT2D eigenvalue weighted by molar-refractivity contribution is 6.50. The minimum absolute atomic E-state index is 0.0953. The molecule has 5 nitrogen and oxygen atoms in total. The number of likely N-dealkylation sites (tertiary alicyclic amines) is 1. The Morgan fingerprint density at radius 2 is 1.76 bits per heavy atom. The molecule has 1 fully saturated rings. The van der Waals surface area contributed by atoms with Gasteiger partial charge in [-0.2, -0.15) is 0 Å². The zero-order chi connectivity index (χ0) is 15.8. The fourth-order valence-electron chi connectivity index (χ4n) is 3.16. The molecule has 0 aromatic rings. The number of nitrogens with zero attached hydrogens (tertiary/aromatic N) is 1. The monoisotopic (exact) mass is 317 g/mol. The average Bonchev–Trinajstić information content (AvgIpc) is 2.51. The first kappa shape index (κ1) is 18.8. The Morgan fingerprint density at radius 1 is 1.14 bits per heavy atom. The van der Waals surface area contributed by atoms with Crippen LogP contribution < -0.4 is 0 Å². The van der Waals surface area contributed by atoms with E-state index < -0.39 is 9.05 Å². The van der Waals surface area contributed by atoms with Crippen molar-refractivity contribution in [2.45, 2.75) is 57.9 Å². The first-order valence-electron chi connectivity index (χ1n) is 8.08. The van der Waals surface area contributed by atoms with Gasteiger partial charge in [-0.15, -0.1) is 6.58 Å². The summed E-state index contributed by atoms with van der Waals surface area (Å²) >= 11 is 0. The van der Waals surface area contributed by atoms with Crippen molar-refractivity contribution in [3.05, 3.63) is 12.7 Å². The van der Waals surface area contributed by atoms with Crippen LogP contribution in [-0.4, -0.2) is 55.4 Å². The molecular formula is C15H31NO4Si. The Kier molecular flexibility index (Phi) is 8.08. The van der Waals surface area contributed by atoms with Crippen molar-refractivity contribution in [2.75, 3.05) is 26.3 Å². The van der Waals surface area contributed by atoms with Gasteiger partial charge >= 0.3 is 9.05 Å². The molecule has 0 aromatic carbocycles. The van der Waals surface area contributed by atoms with E-state index in [1.54, 1.807) is 0 Å². The molecule has 0 spiro atoms. The molecule has 1 rings (SSSR count). The molecule has 1 saturated heterocycles. The highest BCUT2D eigenvalue weighted by Gasteiger charge is 2.39. The largest absolute Gasteiger partial charge is 0.674 e. The second-order valence-electron chi connectivity index (χ2n) is 5.73. The summed E-state index contributed by atoms with van der Waals surface area (Å²) in [4.78, 5) is 21.9. The van der Waals surface area contributed by atoms with E-state index in [0.29, 0.717) is 6.61 Å². The highest BCUT2D eigenvalue weighted by Crippen LogP contribution is 2.31. The quantitative estimate of drug-likeness (QED) is 0.477. The summed E-state index contributed by atoms with van der Waals surface area (Å²) in [7, 11) is -3.99. The van der Waals surface area contributed by atoms with Crippen molar-refractivity contribution in [1.82, 2.24) is 4.90 Å². The lowest BCUT2D eigenvalue weighted by atomic mass is 9.85. The molecule has 0 bridgehead atoms. The molecule has 6 heteroatoms. The lowest BCUT2D eigenvalue weighted by Gasteiger charge is -2.45. The van der Waals surface area contributed by atoms with Crippen molar-refractivity contribution in [3.8, 4) is 0 Å². The van der Waals surface area contributed by atoms with Crippen LogP contribution >= 0.6 is 0 Å². The van der Waals surface area contributed by atoms with Gasteiger partial charge in [0, 0.05) is 12.1 Å². The molecule has 0 amide bonds. The fraction of sp³-hybridized carbons (Fsp3) is 0.867. The molecule has 0 aliphatic carbocycles. The van der Waals surface area contributed by atoms with Gasteiger partial charge in [0.25, 0.3) is 0 Å². The van der Waals surface area contributed by atoms with Crippen molar-refractivity contribution in [3.63, 3.8) is 0 Å². The predicted octanol–water partition coefficient (Wildman–Crippen LogP) is 2.06. The molecular weight excluding hydrogens is 286 g/mol. The minimum Gasteiger partial charge on any atom is -0.367 e. The van der Waals surface area contributed by atoms with Crippen LogP contribution in [0.4, 0.5) is 0 Å². The van der Waals surface area contributed by atoms with Gasteiger partial charge in [0.15, 0.2) is 0 Å². The number of rotatable bonds is 10. The van der Waals surface area contributed by atoms with E-state index in [4.69, 9.17) is 8.85 Å². The summed E-state index contributed by atoms with van der Waals surface area (Å²) in [5, 5.41) is 0. The summed E-state index contributed by atoms with van der Waals surface area (Å²) in [6, 6.07) is 0. The Labute approximate surface area is 130 Å². The van der Waals surface area contributed by atoms with Gasteiger partial charge in [0.2, 0.25) is 0 Å². The van der Waals surface area contributed by atoms with E-state index in [1.165, 1.54) is 25.3 Å². The van der Waals surface area contributed by atoms with E-state index in [1.807, 2.05) is 0 Å². The summed E-state index contributed by atoms with van der Waals surface area (Å²) in [6.45, 7) is 10.6. The standard InChI is InChI=1S/C15H31NO4Si/c1-4-13-19-21(17,18)20-14-10-15(5-2,6-3)16-11-8-7-9-12-16/h4,17-18H,1,5-14H2,2-3H3. The Hall–Kier alpha value is -0.243. The third-order valence-corrected chi connectivity index (χ3v) is 5.71. The summed E-state index contributed by atoms with van der Waals surface area (Å²) < 4.78 is 10.1. The molecule has 1 aliphatic rings. The smallest absolute Gasteiger partial charge is 0.367 e. The number of piperidine rings is 1. The molecule has 0 atom stereocenters. The highest BCUT2D eigenvalue weighted by atomic mass is 28.4. The third kappa shape index (κ3) is 5.81. The van der Waals surface area contributed by atoms with E-state index in [9.17, 15) is 9.59 Å². The molecule has 2 N–H and O–H groups in total. The SMILES string of the molecule is C=CCO[Si](O)(O)OCCC(CC)(CC)N1CCCCC1. The molecule has 0 aromatic heterocycles. The predicted molar refractivity (Wildman–Crippen MR) is 85.6 cm³/mol. The molecule has 21 heavy (non-hydrogen) atoms. The number of hydrogen-bond donors (Lipinski definition) is 2. The fourth-order valence-corrected chi connectivity index (χ4v) is 3.95. The van der Waals surface area contributed by atoms with Crippen LogP contribution in [0.25, 0.3) is 0 Å². The van der Waals surface area contributed by atoms with Crippen LogP contribution in [0, 0.1) is 0 Å². The topological polar surface area (TPSA) is 62.2 Å². The number of hydrogen-bond acceptors (Lipinski definition) is 5. The third-order valence-electron chi connectivity index (χ3n) is 4.59. The van der Waals surface area contributed by atoms with Gasteiger partial charge in [-0.1, -0.05) is 26.3 Å². The summed E-state index contributed by atoms with van der Waals surface area (Å²) in [5.74, 6) is 0. The Bertz CT molecular complexity index is 302. The summed E-state index contributed by atoms with van der Waals surface area (Å²) in [6.07, 6.45) is 8.20. The summed E-state index contributed by atoms with van der Waals surface area (Å²) in [5.41, 5.74) is 0.101. The van der Waals surface area contributed by atoms with E-state index in [0.717, 1.165) is 32.4 Å². The second kappa shape index (κ2) is 9.02. The lowest BCUT2D eigenvalue weighted by molar-refractivity contribution is -0.0000330.